The van der Waals surface area contributed by atoms with Gasteiger partial charge in [-0.05, 0) is 19.3 Å². The van der Waals surface area contributed by atoms with Crippen LogP contribution in [-0.2, 0) is 23.1 Å². The van der Waals surface area contributed by atoms with Gasteiger partial charge >= 0.3 is 13.6 Å². The van der Waals surface area contributed by atoms with Gasteiger partial charge in [0.25, 0.3) is 5.91 Å². The quantitative estimate of drug-likeness (QED) is 0.531. The largest absolute Gasteiger partial charge is 0.462 e. The predicted octanol–water partition coefficient (Wildman–Crippen LogP) is 3.14. The van der Waals surface area contributed by atoms with E-state index in [-0.39, 0.29) is 25.2 Å². The molecule has 0 aliphatic heterocycles. The summed E-state index contributed by atoms with van der Waals surface area (Å²) in [6.07, 6.45) is 0. The maximum atomic E-state index is 13.8. The lowest BCUT2D eigenvalue weighted by Gasteiger charge is -2.22. The van der Waals surface area contributed by atoms with Crippen molar-refractivity contribution in [2.75, 3.05) is 19.8 Å². The second-order valence-electron chi connectivity index (χ2n) is 4.88. The minimum Gasteiger partial charge on any atom is -0.462 e. The number of carbonyl (C=O) groups excluding carboxylic acids is 1. The van der Waals surface area contributed by atoms with Crippen molar-refractivity contribution < 1.29 is 27.5 Å². The van der Waals surface area contributed by atoms with Crippen molar-refractivity contribution >= 4 is 13.6 Å². The molecule has 0 aromatic rings. The molecule has 0 radical (unpaired) electrons. The maximum absolute atomic E-state index is 13.8. The van der Waals surface area contributed by atoms with Crippen LogP contribution in [0.4, 0.5) is 4.39 Å². The topological polar surface area (TPSA) is 61.8 Å². The van der Waals surface area contributed by atoms with Gasteiger partial charge in [0.1, 0.15) is 0 Å². The van der Waals surface area contributed by atoms with Gasteiger partial charge in [0.05, 0.1) is 19.8 Å². The second-order valence-corrected chi connectivity index (χ2v) is 6.93. The van der Waals surface area contributed by atoms with Crippen LogP contribution < -0.4 is 0 Å². The molecule has 0 bridgehead atoms. The van der Waals surface area contributed by atoms with Crippen molar-refractivity contribution in [2.24, 2.45) is 5.41 Å². The second kappa shape index (κ2) is 7.22. The van der Waals surface area contributed by atoms with Crippen molar-refractivity contribution in [1.29, 1.82) is 0 Å². The Kier molecular flexibility index (Phi) is 7.04. The van der Waals surface area contributed by atoms with E-state index >= 15 is 0 Å². The van der Waals surface area contributed by atoms with Gasteiger partial charge < -0.3 is 13.8 Å². The van der Waals surface area contributed by atoms with Crippen molar-refractivity contribution in [3.05, 3.63) is 0 Å². The van der Waals surface area contributed by atoms with E-state index in [1.165, 1.54) is 0 Å². The van der Waals surface area contributed by atoms with E-state index in [2.05, 4.69) is 0 Å². The number of halogens is 1. The Morgan fingerprint density at radius 3 is 2.00 bits per heavy atom. The SMILES string of the molecule is CCOP(=O)(OCC)C(F)C(=O)OCC(C)(C)C. The lowest BCUT2D eigenvalue weighted by atomic mass is 9.99. The van der Waals surface area contributed by atoms with E-state index in [9.17, 15) is 13.8 Å². The molecule has 0 amide bonds. The number of hydrogen-bond donors (Lipinski definition) is 0. The van der Waals surface area contributed by atoms with Crippen molar-refractivity contribution in [2.45, 2.75) is 40.5 Å². The highest BCUT2D eigenvalue weighted by Crippen LogP contribution is 2.54. The minimum absolute atomic E-state index is 0.00967. The van der Waals surface area contributed by atoms with Gasteiger partial charge in [0.15, 0.2) is 0 Å². The molecule has 0 heterocycles. The fourth-order valence-electron chi connectivity index (χ4n) is 1.01. The van der Waals surface area contributed by atoms with Crippen LogP contribution in [0.15, 0.2) is 0 Å². The fourth-order valence-corrected chi connectivity index (χ4v) is 2.40. The molecule has 5 nitrogen and oxygen atoms in total. The highest BCUT2D eigenvalue weighted by Gasteiger charge is 2.43. The van der Waals surface area contributed by atoms with Crippen molar-refractivity contribution in [1.82, 2.24) is 0 Å². The first-order valence-electron chi connectivity index (χ1n) is 5.85. The normalized spacial score (nSPS) is 14.3. The molecule has 0 spiro atoms. The Morgan fingerprint density at radius 2 is 1.67 bits per heavy atom. The Labute approximate surface area is 108 Å². The van der Waals surface area contributed by atoms with E-state index in [0.717, 1.165) is 0 Å². The van der Waals surface area contributed by atoms with Gasteiger partial charge in [-0.1, -0.05) is 20.8 Å². The molecule has 0 rings (SSSR count). The van der Waals surface area contributed by atoms with E-state index < -0.39 is 19.5 Å². The van der Waals surface area contributed by atoms with E-state index in [1.807, 2.05) is 20.8 Å². The number of alkyl halides is 1. The number of ether oxygens (including phenoxy) is 1. The molecular formula is C11H22FO5P. The first-order valence-corrected chi connectivity index (χ1v) is 7.47. The smallest absolute Gasteiger partial charge is 0.376 e. The molecule has 0 aliphatic rings. The summed E-state index contributed by atoms with van der Waals surface area (Å²) >= 11 is 0. The monoisotopic (exact) mass is 284 g/mol. The van der Waals surface area contributed by atoms with Gasteiger partial charge in [-0.2, -0.15) is 0 Å². The van der Waals surface area contributed by atoms with Crippen LogP contribution in [0.1, 0.15) is 34.6 Å². The van der Waals surface area contributed by atoms with Gasteiger partial charge in [0.2, 0.25) is 0 Å². The Morgan fingerprint density at radius 1 is 1.22 bits per heavy atom. The van der Waals surface area contributed by atoms with Gasteiger partial charge in [-0.3, -0.25) is 4.57 Å². The molecule has 0 saturated carbocycles. The molecule has 1 atom stereocenters. The molecule has 0 fully saturated rings. The highest BCUT2D eigenvalue weighted by molar-refractivity contribution is 7.55. The maximum Gasteiger partial charge on any atom is 0.376 e. The van der Waals surface area contributed by atoms with Crippen LogP contribution in [0, 0.1) is 5.41 Å². The average Bonchev–Trinajstić information content (AvgIpc) is 2.24. The molecule has 0 aliphatic carbocycles. The third-order valence-electron chi connectivity index (χ3n) is 1.74. The first kappa shape index (κ1) is 17.6. The summed E-state index contributed by atoms with van der Waals surface area (Å²) in [5, 5.41) is 0. The molecule has 0 aromatic carbocycles. The van der Waals surface area contributed by atoms with Gasteiger partial charge in [-0.15, -0.1) is 0 Å². The van der Waals surface area contributed by atoms with E-state index in [1.54, 1.807) is 13.8 Å². The summed E-state index contributed by atoms with van der Waals surface area (Å²) in [7, 11) is -4.09. The van der Waals surface area contributed by atoms with Crippen LogP contribution in [0.5, 0.6) is 0 Å². The first-order chi connectivity index (χ1) is 8.16. The molecular weight excluding hydrogens is 262 g/mol. The zero-order chi connectivity index (χ0) is 14.4. The number of hydrogen-bond acceptors (Lipinski definition) is 5. The third-order valence-corrected chi connectivity index (χ3v) is 3.74. The standard InChI is InChI=1S/C11H22FO5P/c1-6-16-18(14,17-7-2)9(12)10(13)15-8-11(3,4)5/h9H,6-8H2,1-5H3. The van der Waals surface area contributed by atoms with Crippen molar-refractivity contribution in [3.8, 4) is 0 Å². The third kappa shape index (κ3) is 5.94. The zero-order valence-corrected chi connectivity index (χ0v) is 12.5. The lowest BCUT2D eigenvalue weighted by molar-refractivity contribution is -0.149. The zero-order valence-electron chi connectivity index (χ0n) is 11.6. The van der Waals surface area contributed by atoms with E-state index in [0.29, 0.717) is 0 Å². The minimum atomic E-state index is -4.09. The van der Waals surface area contributed by atoms with Crippen LogP contribution in [0.3, 0.4) is 0 Å². The fraction of sp³-hybridized carbons (Fsp3) is 0.909. The molecule has 0 N–H and O–H groups in total. The highest BCUT2D eigenvalue weighted by atomic mass is 31.2. The summed E-state index contributed by atoms with van der Waals surface area (Å²) in [5.74, 6) is -3.62. The predicted molar refractivity (Wildman–Crippen MR) is 66.2 cm³/mol. The Hall–Kier alpha value is -0.450. The average molecular weight is 284 g/mol. The van der Waals surface area contributed by atoms with Crippen molar-refractivity contribution in [3.63, 3.8) is 0 Å². The van der Waals surface area contributed by atoms with Gasteiger partial charge in [0, 0.05) is 0 Å². The van der Waals surface area contributed by atoms with Crippen LogP contribution in [0.25, 0.3) is 0 Å². The number of esters is 1. The molecule has 108 valence electrons. The molecule has 18 heavy (non-hydrogen) atoms. The number of rotatable bonds is 7. The van der Waals surface area contributed by atoms with Gasteiger partial charge in [-0.25, -0.2) is 9.18 Å². The Bertz CT molecular complexity index is 303. The molecule has 0 aromatic heterocycles. The number of carbonyl (C=O) groups is 1. The summed E-state index contributed by atoms with van der Waals surface area (Å²) in [6, 6.07) is 0. The summed E-state index contributed by atoms with van der Waals surface area (Å²) in [5.41, 5.74) is -0.295. The lowest BCUT2D eigenvalue weighted by Crippen LogP contribution is -2.26. The molecule has 0 saturated heterocycles. The summed E-state index contributed by atoms with van der Waals surface area (Å²) in [4.78, 5) is 11.5. The summed E-state index contributed by atoms with van der Waals surface area (Å²) < 4.78 is 40.0. The molecule has 7 heteroatoms. The Balaban J connectivity index is 4.62. The summed E-state index contributed by atoms with van der Waals surface area (Å²) in [6.45, 7) is 8.59. The van der Waals surface area contributed by atoms with E-state index in [4.69, 9.17) is 13.8 Å². The van der Waals surface area contributed by atoms with Crippen LogP contribution >= 0.6 is 7.60 Å². The van der Waals surface area contributed by atoms with Crippen LogP contribution in [-0.4, -0.2) is 31.7 Å². The van der Waals surface area contributed by atoms with Crippen LogP contribution in [0.2, 0.25) is 0 Å². The molecule has 1 unspecified atom stereocenters.